The molecule has 0 N–H and O–H groups in total. The van der Waals surface area contributed by atoms with E-state index in [1.165, 1.54) is 12.1 Å². The number of hydrogen-bond acceptors (Lipinski definition) is 4. The van der Waals surface area contributed by atoms with Crippen molar-refractivity contribution in [2.75, 3.05) is 36.0 Å². The fourth-order valence-electron chi connectivity index (χ4n) is 4.60. The molecule has 2 fully saturated rings. The Bertz CT molecular complexity index is 928. The van der Waals surface area contributed by atoms with Crippen molar-refractivity contribution in [1.82, 2.24) is 0 Å². The van der Waals surface area contributed by atoms with Gasteiger partial charge in [-0.1, -0.05) is 0 Å². The van der Waals surface area contributed by atoms with Gasteiger partial charge in [-0.25, -0.2) is 8.78 Å². The third kappa shape index (κ3) is 3.82. The van der Waals surface area contributed by atoms with E-state index < -0.39 is 6.43 Å². The molecule has 4 rings (SSSR count). The van der Waals surface area contributed by atoms with Crippen LogP contribution in [-0.2, 0) is 0 Å². The van der Waals surface area contributed by atoms with E-state index in [1.807, 2.05) is 30.3 Å². The number of hydrogen-bond donors (Lipinski definition) is 0. The summed E-state index contributed by atoms with van der Waals surface area (Å²) in [5.41, 5.74) is 2.67. The first-order valence-electron chi connectivity index (χ1n) is 9.91. The van der Waals surface area contributed by atoms with E-state index in [2.05, 4.69) is 9.80 Å². The first-order valence-corrected chi connectivity index (χ1v) is 9.91. The lowest BCUT2D eigenvalue weighted by molar-refractivity contribution is 0.112. The number of aldehydes is 1. The molecule has 0 atom stereocenters. The molecule has 0 aromatic heterocycles. The first-order chi connectivity index (χ1) is 14.0. The normalized spacial score (nSPS) is 18.3. The average molecular weight is 395 g/mol. The molecule has 2 aromatic carbocycles. The minimum absolute atomic E-state index is 0.0477. The smallest absolute Gasteiger partial charge is 0.265 e. The van der Waals surface area contributed by atoms with Crippen LogP contribution in [0.5, 0.6) is 0 Å². The number of nitriles is 1. The minimum Gasteiger partial charge on any atom is -0.371 e. The van der Waals surface area contributed by atoms with Crippen molar-refractivity contribution in [2.45, 2.75) is 25.7 Å². The summed E-state index contributed by atoms with van der Waals surface area (Å²) in [6.45, 7) is 3.61. The maximum Gasteiger partial charge on any atom is 0.265 e. The third-order valence-corrected chi connectivity index (χ3v) is 6.41. The second kappa shape index (κ2) is 7.82. The van der Waals surface area contributed by atoms with Crippen LogP contribution in [0.15, 0.2) is 42.5 Å². The number of benzene rings is 2. The highest BCUT2D eigenvalue weighted by Crippen LogP contribution is 2.43. The second-order valence-corrected chi connectivity index (χ2v) is 8.05. The Morgan fingerprint density at radius 1 is 0.966 bits per heavy atom. The van der Waals surface area contributed by atoms with Crippen molar-refractivity contribution in [3.63, 3.8) is 0 Å². The summed E-state index contributed by atoms with van der Waals surface area (Å²) in [6.07, 6.45) is 1.36. The molecule has 2 aromatic rings. The zero-order valence-electron chi connectivity index (χ0n) is 16.2. The van der Waals surface area contributed by atoms with E-state index in [-0.39, 0.29) is 16.5 Å². The number of halogens is 2. The van der Waals surface area contributed by atoms with Crippen molar-refractivity contribution in [3.8, 4) is 6.07 Å². The summed E-state index contributed by atoms with van der Waals surface area (Å²) in [4.78, 5) is 15.4. The van der Waals surface area contributed by atoms with Gasteiger partial charge >= 0.3 is 0 Å². The Kier molecular flexibility index (Phi) is 5.23. The largest absolute Gasteiger partial charge is 0.371 e. The lowest BCUT2D eigenvalue weighted by atomic mass is 9.77. The van der Waals surface area contributed by atoms with E-state index in [0.717, 1.165) is 63.1 Å². The zero-order valence-corrected chi connectivity index (χ0v) is 16.2. The van der Waals surface area contributed by atoms with Gasteiger partial charge in [0.2, 0.25) is 0 Å². The van der Waals surface area contributed by atoms with Crippen LogP contribution < -0.4 is 9.80 Å². The molecule has 0 saturated carbocycles. The number of rotatable bonds is 4. The van der Waals surface area contributed by atoms with Gasteiger partial charge in [0.25, 0.3) is 6.43 Å². The molecule has 6 heteroatoms. The van der Waals surface area contributed by atoms with Crippen LogP contribution in [-0.4, -0.2) is 32.5 Å². The summed E-state index contributed by atoms with van der Waals surface area (Å²) in [7, 11) is 0. The molecular weight excluding hydrogens is 372 g/mol. The number of carbonyl (C=O) groups excluding carboxylic acids is 1. The maximum absolute atomic E-state index is 13.3. The summed E-state index contributed by atoms with van der Waals surface area (Å²) < 4.78 is 26.6. The minimum atomic E-state index is -2.64. The molecule has 0 unspecified atom stereocenters. The number of anilines is 2. The molecule has 0 amide bonds. The summed E-state index contributed by atoms with van der Waals surface area (Å²) in [5.74, 6) is 0. The topological polar surface area (TPSA) is 47.3 Å². The highest BCUT2D eigenvalue weighted by molar-refractivity contribution is 5.75. The van der Waals surface area contributed by atoms with Gasteiger partial charge in [-0.3, -0.25) is 4.79 Å². The van der Waals surface area contributed by atoms with Crippen LogP contribution in [0.3, 0.4) is 0 Å². The van der Waals surface area contributed by atoms with E-state index >= 15 is 0 Å². The van der Waals surface area contributed by atoms with Gasteiger partial charge in [-0.05, 0) is 67.1 Å². The SMILES string of the molecule is N#Cc1ccc(N2CCC3(CCN(c4ccc(C=O)cc4)CC3)C2)cc1C(F)F. The van der Waals surface area contributed by atoms with Crippen LogP contribution in [0.4, 0.5) is 20.2 Å². The quantitative estimate of drug-likeness (QED) is 0.698. The van der Waals surface area contributed by atoms with Gasteiger partial charge < -0.3 is 9.80 Å². The Morgan fingerprint density at radius 3 is 2.17 bits per heavy atom. The van der Waals surface area contributed by atoms with Crippen molar-refractivity contribution >= 4 is 17.7 Å². The van der Waals surface area contributed by atoms with Crippen LogP contribution >= 0.6 is 0 Å². The Hall–Kier alpha value is -2.94. The molecule has 2 aliphatic rings. The van der Waals surface area contributed by atoms with E-state index in [1.54, 1.807) is 6.07 Å². The summed E-state index contributed by atoms with van der Waals surface area (Å²) in [6, 6.07) is 14.3. The lowest BCUT2D eigenvalue weighted by Crippen LogP contribution is -2.41. The standard InChI is InChI=1S/C23H23F2N3O/c24-22(25)21-13-20(6-3-18(21)14-26)28-12-9-23(16-28)7-10-27(11-8-23)19-4-1-17(15-29)2-5-19/h1-6,13,15,22H,7-12,16H2. The summed E-state index contributed by atoms with van der Waals surface area (Å²) in [5, 5.41) is 9.05. The monoisotopic (exact) mass is 395 g/mol. The number of carbonyl (C=O) groups is 1. The highest BCUT2D eigenvalue weighted by atomic mass is 19.3. The number of alkyl halides is 2. The molecule has 29 heavy (non-hydrogen) atoms. The molecule has 0 radical (unpaired) electrons. The Labute approximate surface area is 169 Å². The molecule has 4 nitrogen and oxygen atoms in total. The van der Waals surface area contributed by atoms with Crippen LogP contribution in [0, 0.1) is 16.7 Å². The molecule has 2 heterocycles. The van der Waals surface area contributed by atoms with Gasteiger partial charge in [0.15, 0.2) is 0 Å². The first kappa shape index (κ1) is 19.4. The summed E-state index contributed by atoms with van der Waals surface area (Å²) >= 11 is 0. The molecule has 150 valence electrons. The van der Waals surface area contributed by atoms with Gasteiger partial charge in [-0.2, -0.15) is 5.26 Å². The van der Waals surface area contributed by atoms with Crippen molar-refractivity contribution in [2.24, 2.45) is 5.41 Å². The van der Waals surface area contributed by atoms with Gasteiger partial charge in [0.05, 0.1) is 11.6 Å². The zero-order chi connectivity index (χ0) is 20.4. The molecule has 2 saturated heterocycles. The Balaban J connectivity index is 1.43. The van der Waals surface area contributed by atoms with Gasteiger partial charge in [0.1, 0.15) is 6.29 Å². The van der Waals surface area contributed by atoms with Crippen LogP contribution in [0.1, 0.15) is 47.2 Å². The van der Waals surface area contributed by atoms with Gasteiger partial charge in [-0.15, -0.1) is 0 Å². The predicted octanol–water partition coefficient (Wildman–Crippen LogP) is 4.81. The third-order valence-electron chi connectivity index (χ3n) is 6.41. The van der Waals surface area contributed by atoms with E-state index in [0.29, 0.717) is 5.56 Å². The molecule has 1 spiro atoms. The van der Waals surface area contributed by atoms with Crippen molar-refractivity contribution < 1.29 is 13.6 Å². The highest BCUT2D eigenvalue weighted by Gasteiger charge is 2.40. The lowest BCUT2D eigenvalue weighted by Gasteiger charge is -2.40. The fraction of sp³-hybridized carbons (Fsp3) is 0.391. The van der Waals surface area contributed by atoms with E-state index in [4.69, 9.17) is 5.26 Å². The van der Waals surface area contributed by atoms with Crippen LogP contribution in [0.2, 0.25) is 0 Å². The maximum atomic E-state index is 13.3. The predicted molar refractivity (Wildman–Crippen MR) is 109 cm³/mol. The molecule has 0 bridgehead atoms. The number of piperidine rings is 1. The molecular formula is C23H23F2N3O. The second-order valence-electron chi connectivity index (χ2n) is 8.05. The molecule has 0 aliphatic carbocycles. The Morgan fingerprint density at radius 2 is 1.59 bits per heavy atom. The van der Waals surface area contributed by atoms with Gasteiger partial charge in [0, 0.05) is 48.7 Å². The van der Waals surface area contributed by atoms with Crippen molar-refractivity contribution in [3.05, 3.63) is 59.2 Å². The average Bonchev–Trinajstić information content (AvgIpc) is 3.17. The van der Waals surface area contributed by atoms with E-state index in [9.17, 15) is 13.6 Å². The fourth-order valence-corrected chi connectivity index (χ4v) is 4.60. The van der Waals surface area contributed by atoms with Crippen molar-refractivity contribution in [1.29, 1.82) is 5.26 Å². The number of nitrogens with zero attached hydrogens (tertiary/aromatic N) is 3. The van der Waals surface area contributed by atoms with Crippen LogP contribution in [0.25, 0.3) is 0 Å². The molecule has 2 aliphatic heterocycles.